The number of rotatable bonds is 7. The van der Waals surface area contributed by atoms with Crippen LogP contribution in [0.4, 0.5) is 11.8 Å². The molecule has 0 aliphatic heterocycles. The van der Waals surface area contributed by atoms with Crippen LogP contribution in [0.25, 0.3) is 10.9 Å². The minimum absolute atomic E-state index is 0.0187. The number of nitrogens with zero attached hydrogens (tertiary/aromatic N) is 3. The summed E-state index contributed by atoms with van der Waals surface area (Å²) in [6.45, 7) is 2.02. The number of guanidine groups is 1. The Balaban J connectivity index is 1.38. The number of benzene rings is 3. The van der Waals surface area contributed by atoms with Gasteiger partial charge in [-0.25, -0.2) is 9.98 Å². The van der Waals surface area contributed by atoms with Crippen molar-refractivity contribution in [1.29, 1.82) is 0 Å². The summed E-state index contributed by atoms with van der Waals surface area (Å²) >= 11 is 0. The van der Waals surface area contributed by atoms with Crippen molar-refractivity contribution < 1.29 is 9.53 Å². The van der Waals surface area contributed by atoms with Crippen LogP contribution in [0, 0.1) is 6.92 Å². The van der Waals surface area contributed by atoms with Gasteiger partial charge in [-0.1, -0.05) is 42.7 Å². The van der Waals surface area contributed by atoms with Gasteiger partial charge in [0.1, 0.15) is 17.3 Å². The normalized spacial score (nSPS) is 17.0. The maximum absolute atomic E-state index is 13.1. The van der Waals surface area contributed by atoms with Gasteiger partial charge in [0.25, 0.3) is 5.91 Å². The molecule has 1 saturated carbocycles. The number of nitrogens with two attached hydrogens (primary N) is 2. The standard InChI is InChI=1S/C29H31N7O2/c1-18-11-16-23-22(17-18)26(32-24-9-5-6-10-25(24)33-28(30)31)35-29(34-23)36-27(37)19-12-14-21(15-13-19)38-20-7-3-2-4-8-20/h2-4,7-8,11-17,24-25H,5-6,9-10H2,1H3,(H4,30,31,33)(H2,32,34,35,36,37). The Morgan fingerprint density at radius 3 is 2.45 bits per heavy atom. The average Bonchev–Trinajstić information content (AvgIpc) is 2.91. The predicted molar refractivity (Wildman–Crippen MR) is 151 cm³/mol. The van der Waals surface area contributed by atoms with Gasteiger partial charge in [0, 0.05) is 10.9 Å². The van der Waals surface area contributed by atoms with Gasteiger partial charge < -0.3 is 21.5 Å². The number of fused-ring (bicyclic) bond motifs is 1. The molecule has 2 unspecified atom stereocenters. The second-order valence-electron chi connectivity index (χ2n) is 9.47. The van der Waals surface area contributed by atoms with Crippen LogP contribution in [-0.2, 0) is 0 Å². The van der Waals surface area contributed by atoms with Gasteiger partial charge in [0.15, 0.2) is 5.96 Å². The molecule has 1 fully saturated rings. The number of carbonyl (C=O) groups excluding carboxylic acids is 1. The Hall–Kier alpha value is -4.66. The molecule has 1 heterocycles. The Morgan fingerprint density at radius 1 is 0.947 bits per heavy atom. The molecule has 1 aromatic heterocycles. The Bertz CT molecular complexity index is 1450. The highest BCUT2D eigenvalue weighted by Crippen LogP contribution is 2.29. The van der Waals surface area contributed by atoms with Crippen molar-refractivity contribution in [2.24, 2.45) is 16.5 Å². The highest BCUT2D eigenvalue weighted by atomic mass is 16.5. The lowest BCUT2D eigenvalue weighted by molar-refractivity contribution is 0.102. The van der Waals surface area contributed by atoms with Gasteiger partial charge in [-0.3, -0.25) is 10.1 Å². The predicted octanol–water partition coefficient (Wildman–Crippen LogP) is 4.98. The summed E-state index contributed by atoms with van der Waals surface area (Å²) < 4.78 is 5.82. The second-order valence-corrected chi connectivity index (χ2v) is 9.47. The SMILES string of the molecule is Cc1ccc2nc(NC(=O)c3ccc(Oc4ccccc4)cc3)nc(NC3CCCCC3N=C(N)N)c2c1. The van der Waals surface area contributed by atoms with Crippen molar-refractivity contribution in [3.63, 3.8) is 0 Å². The van der Waals surface area contributed by atoms with Gasteiger partial charge in [-0.15, -0.1) is 0 Å². The topological polar surface area (TPSA) is 141 Å². The first kappa shape index (κ1) is 25.0. The fraction of sp³-hybridized carbons (Fsp3) is 0.241. The fourth-order valence-electron chi connectivity index (χ4n) is 4.68. The van der Waals surface area contributed by atoms with Crippen LogP contribution in [0.2, 0.25) is 0 Å². The van der Waals surface area contributed by atoms with Gasteiger partial charge in [-0.2, -0.15) is 4.98 Å². The number of carbonyl (C=O) groups is 1. The van der Waals surface area contributed by atoms with Crippen molar-refractivity contribution in [3.8, 4) is 11.5 Å². The summed E-state index contributed by atoms with van der Waals surface area (Å²) in [5.41, 5.74) is 13.7. The Morgan fingerprint density at radius 2 is 1.68 bits per heavy atom. The Labute approximate surface area is 221 Å². The molecule has 0 saturated heterocycles. The van der Waals surface area contributed by atoms with Gasteiger partial charge >= 0.3 is 0 Å². The van der Waals surface area contributed by atoms with Crippen molar-refractivity contribution in [1.82, 2.24) is 9.97 Å². The fourth-order valence-corrected chi connectivity index (χ4v) is 4.68. The van der Waals surface area contributed by atoms with E-state index < -0.39 is 0 Å². The number of anilines is 2. The molecule has 9 nitrogen and oxygen atoms in total. The van der Waals surface area contributed by atoms with Gasteiger partial charge in [0.2, 0.25) is 5.95 Å². The molecule has 5 rings (SSSR count). The van der Waals surface area contributed by atoms with E-state index in [4.69, 9.17) is 21.2 Å². The van der Waals surface area contributed by atoms with Crippen LogP contribution in [0.1, 0.15) is 41.6 Å². The van der Waals surface area contributed by atoms with Crippen molar-refractivity contribution in [2.75, 3.05) is 10.6 Å². The van der Waals surface area contributed by atoms with E-state index in [1.165, 1.54) is 0 Å². The lowest BCUT2D eigenvalue weighted by Gasteiger charge is -2.30. The molecule has 1 amide bonds. The molecule has 1 aliphatic rings. The van der Waals surface area contributed by atoms with Crippen LogP contribution in [-0.4, -0.2) is 33.9 Å². The number of hydrogen-bond acceptors (Lipinski definition) is 6. The largest absolute Gasteiger partial charge is 0.457 e. The Kier molecular flexibility index (Phi) is 7.35. The summed E-state index contributed by atoms with van der Waals surface area (Å²) in [4.78, 5) is 26.8. The molecule has 38 heavy (non-hydrogen) atoms. The quantitative estimate of drug-likeness (QED) is 0.203. The maximum Gasteiger partial charge on any atom is 0.258 e. The number of amides is 1. The molecule has 3 aromatic carbocycles. The van der Waals surface area contributed by atoms with E-state index in [9.17, 15) is 4.79 Å². The number of aryl methyl sites for hydroxylation is 1. The van der Waals surface area contributed by atoms with Crippen LogP contribution in [0.5, 0.6) is 11.5 Å². The van der Waals surface area contributed by atoms with E-state index in [1.807, 2.05) is 55.5 Å². The molecular weight excluding hydrogens is 478 g/mol. The lowest BCUT2D eigenvalue weighted by Crippen LogP contribution is -2.38. The first-order valence-electron chi connectivity index (χ1n) is 12.7. The van der Waals surface area contributed by atoms with Crippen LogP contribution >= 0.6 is 0 Å². The number of para-hydroxylation sites is 1. The van der Waals surface area contributed by atoms with E-state index in [1.54, 1.807) is 24.3 Å². The minimum Gasteiger partial charge on any atom is -0.457 e. The smallest absolute Gasteiger partial charge is 0.258 e. The molecule has 194 valence electrons. The van der Waals surface area contributed by atoms with Crippen molar-refractivity contribution >= 4 is 34.5 Å². The summed E-state index contributed by atoms with van der Waals surface area (Å²) in [5.74, 6) is 1.99. The third kappa shape index (κ3) is 6.00. The summed E-state index contributed by atoms with van der Waals surface area (Å²) in [7, 11) is 0. The first-order valence-corrected chi connectivity index (χ1v) is 12.7. The van der Waals surface area contributed by atoms with Gasteiger partial charge in [-0.05, 0) is 68.3 Å². The molecule has 6 N–H and O–H groups in total. The van der Waals surface area contributed by atoms with Crippen LogP contribution < -0.4 is 26.8 Å². The highest BCUT2D eigenvalue weighted by molar-refractivity contribution is 6.04. The molecule has 0 spiro atoms. The first-order chi connectivity index (χ1) is 18.4. The molecule has 4 aromatic rings. The number of aliphatic imine (C=N–C) groups is 1. The molecule has 9 heteroatoms. The van der Waals surface area contributed by atoms with Crippen LogP contribution in [0.3, 0.4) is 0 Å². The van der Waals surface area contributed by atoms with E-state index in [0.29, 0.717) is 17.1 Å². The van der Waals surface area contributed by atoms with Crippen LogP contribution in [0.15, 0.2) is 77.8 Å². The monoisotopic (exact) mass is 509 g/mol. The van der Waals surface area contributed by atoms with E-state index in [-0.39, 0.29) is 29.9 Å². The number of hydrogen-bond donors (Lipinski definition) is 4. The summed E-state index contributed by atoms with van der Waals surface area (Å²) in [6.07, 6.45) is 3.95. The lowest BCUT2D eigenvalue weighted by atomic mass is 9.90. The number of aromatic nitrogens is 2. The van der Waals surface area contributed by atoms with Crippen molar-refractivity contribution in [2.45, 2.75) is 44.7 Å². The summed E-state index contributed by atoms with van der Waals surface area (Å²) in [5, 5.41) is 7.27. The molecule has 1 aliphatic carbocycles. The summed E-state index contributed by atoms with van der Waals surface area (Å²) in [6, 6.07) is 22.3. The highest BCUT2D eigenvalue weighted by Gasteiger charge is 2.26. The van der Waals surface area contributed by atoms with Crippen molar-refractivity contribution in [3.05, 3.63) is 83.9 Å². The third-order valence-corrected chi connectivity index (χ3v) is 6.54. The van der Waals surface area contributed by atoms with E-state index >= 15 is 0 Å². The van der Waals surface area contributed by atoms with Gasteiger partial charge in [0.05, 0.1) is 17.6 Å². The zero-order chi connectivity index (χ0) is 26.5. The molecule has 0 bridgehead atoms. The molecule has 0 radical (unpaired) electrons. The van der Waals surface area contributed by atoms with E-state index in [2.05, 4.69) is 20.6 Å². The third-order valence-electron chi connectivity index (χ3n) is 6.54. The molecule has 2 atom stereocenters. The van der Waals surface area contributed by atoms with E-state index in [0.717, 1.165) is 47.9 Å². The minimum atomic E-state index is -0.315. The maximum atomic E-state index is 13.1. The average molecular weight is 510 g/mol. The molecular formula is C29H31N7O2. The zero-order valence-corrected chi connectivity index (χ0v) is 21.2. The second kappa shape index (κ2) is 11.2. The zero-order valence-electron chi connectivity index (χ0n) is 21.2. The number of ether oxygens (including phenoxy) is 1. The number of nitrogens with one attached hydrogen (secondary N) is 2.